The molecule has 5 rings (SSSR count). The van der Waals surface area contributed by atoms with Gasteiger partial charge in [-0.15, -0.1) is 0 Å². The van der Waals surface area contributed by atoms with E-state index in [0.717, 1.165) is 5.56 Å². The Bertz CT molecular complexity index is 1500. The van der Waals surface area contributed by atoms with E-state index in [9.17, 15) is 44.7 Å². The second-order valence-electron chi connectivity index (χ2n) is 11.6. The van der Waals surface area contributed by atoms with Crippen LogP contribution < -0.4 is 0 Å². The van der Waals surface area contributed by atoms with Crippen LogP contribution in [0.4, 0.5) is 35.1 Å². The van der Waals surface area contributed by atoms with Crippen LogP contribution in [0, 0.1) is 0 Å². The standard InChI is InChI=1S/C33H31F8N3O2/c34-18-21-12-22(19-35)14-24(13-21)31(46)44-7-6-29(28(20-44)23-4-2-1-3-5-23)42-8-10-43(11-9-42)30(45)25-15-26(32(36,37)38)17-27(16-25)33(39,40)41/h1-5,12-17,28-29H,6-11,18-20H2/t28-,29-/m0/s1. The number of rotatable bonds is 6. The van der Waals surface area contributed by atoms with Crippen LogP contribution in [0.15, 0.2) is 66.7 Å². The van der Waals surface area contributed by atoms with Gasteiger partial charge in [0.1, 0.15) is 13.3 Å². The van der Waals surface area contributed by atoms with Gasteiger partial charge in [-0.1, -0.05) is 36.4 Å². The normalized spacial score (nSPS) is 19.7. The lowest BCUT2D eigenvalue weighted by molar-refractivity contribution is -0.143. The minimum Gasteiger partial charge on any atom is -0.338 e. The van der Waals surface area contributed by atoms with E-state index < -0.39 is 48.3 Å². The van der Waals surface area contributed by atoms with Crippen LogP contribution in [0.5, 0.6) is 0 Å². The molecule has 0 saturated carbocycles. The largest absolute Gasteiger partial charge is 0.416 e. The van der Waals surface area contributed by atoms with Crippen molar-refractivity contribution in [3.8, 4) is 0 Å². The van der Waals surface area contributed by atoms with Crippen molar-refractivity contribution in [3.63, 3.8) is 0 Å². The number of piperidine rings is 1. The molecule has 2 heterocycles. The number of carbonyl (C=O) groups excluding carboxylic acids is 2. The molecule has 3 aromatic carbocycles. The quantitative estimate of drug-likeness (QED) is 0.266. The minimum absolute atomic E-state index is 0.00668. The Kier molecular flexibility index (Phi) is 9.71. The van der Waals surface area contributed by atoms with Crippen molar-refractivity contribution in [2.75, 3.05) is 39.3 Å². The average Bonchev–Trinajstić information content (AvgIpc) is 3.06. The molecule has 246 valence electrons. The molecule has 46 heavy (non-hydrogen) atoms. The Balaban J connectivity index is 1.32. The SMILES string of the molecule is O=C(c1cc(C(F)(F)F)cc(C(F)(F)F)c1)N1CCN([C@H]2CCN(C(=O)c3cc(CF)cc(CF)c3)C[C@H]2c2ccccc2)CC1. The van der Waals surface area contributed by atoms with Crippen molar-refractivity contribution in [2.24, 2.45) is 0 Å². The molecule has 3 aromatic rings. The van der Waals surface area contributed by atoms with Gasteiger partial charge in [-0.05, 0) is 53.4 Å². The molecular formula is C33H31F8N3O2. The highest BCUT2D eigenvalue weighted by atomic mass is 19.4. The third kappa shape index (κ3) is 7.35. The molecule has 13 heteroatoms. The summed E-state index contributed by atoms with van der Waals surface area (Å²) in [4.78, 5) is 31.7. The summed E-state index contributed by atoms with van der Waals surface area (Å²) in [5.74, 6) is -1.44. The summed E-state index contributed by atoms with van der Waals surface area (Å²) in [6.45, 7) is -0.223. The van der Waals surface area contributed by atoms with E-state index in [0.29, 0.717) is 44.7 Å². The summed E-state index contributed by atoms with van der Waals surface area (Å²) in [5, 5.41) is 0. The maximum atomic E-state index is 13.5. The highest BCUT2D eigenvalue weighted by molar-refractivity contribution is 5.95. The number of halogens is 8. The molecule has 2 amide bonds. The molecule has 0 aliphatic carbocycles. The first-order chi connectivity index (χ1) is 21.8. The fourth-order valence-electron chi connectivity index (χ4n) is 6.33. The van der Waals surface area contributed by atoms with E-state index in [-0.39, 0.29) is 53.7 Å². The Morgan fingerprint density at radius 2 is 1.17 bits per heavy atom. The van der Waals surface area contributed by atoms with Crippen LogP contribution >= 0.6 is 0 Å². The highest BCUT2D eigenvalue weighted by Gasteiger charge is 2.40. The fraction of sp³-hybridized carbons (Fsp3) is 0.394. The van der Waals surface area contributed by atoms with E-state index in [2.05, 4.69) is 4.90 Å². The highest BCUT2D eigenvalue weighted by Crippen LogP contribution is 2.37. The van der Waals surface area contributed by atoms with Crippen LogP contribution in [0.2, 0.25) is 0 Å². The van der Waals surface area contributed by atoms with Crippen LogP contribution in [0.3, 0.4) is 0 Å². The summed E-state index contributed by atoms with van der Waals surface area (Å²) >= 11 is 0. The van der Waals surface area contributed by atoms with Gasteiger partial charge in [-0.2, -0.15) is 26.3 Å². The third-order valence-electron chi connectivity index (χ3n) is 8.60. The molecule has 0 unspecified atom stereocenters. The number of likely N-dealkylation sites (tertiary alicyclic amines) is 1. The van der Waals surface area contributed by atoms with Crippen molar-refractivity contribution in [1.29, 1.82) is 0 Å². The topological polar surface area (TPSA) is 43.9 Å². The van der Waals surface area contributed by atoms with E-state index in [4.69, 9.17) is 0 Å². The predicted octanol–water partition coefficient (Wildman–Crippen LogP) is 7.12. The first-order valence-electron chi connectivity index (χ1n) is 14.7. The van der Waals surface area contributed by atoms with E-state index in [1.165, 1.54) is 23.1 Å². The number of hydrogen-bond donors (Lipinski definition) is 0. The van der Waals surface area contributed by atoms with Gasteiger partial charge in [0, 0.05) is 62.4 Å². The van der Waals surface area contributed by atoms with Crippen molar-refractivity contribution >= 4 is 11.8 Å². The molecule has 0 N–H and O–H groups in total. The van der Waals surface area contributed by atoms with Crippen LogP contribution in [0.1, 0.15) is 60.9 Å². The number of benzene rings is 3. The zero-order chi connectivity index (χ0) is 33.2. The fourth-order valence-corrected chi connectivity index (χ4v) is 6.33. The van der Waals surface area contributed by atoms with E-state index >= 15 is 0 Å². The number of hydrogen-bond acceptors (Lipinski definition) is 3. The summed E-state index contributed by atoms with van der Waals surface area (Å²) in [6, 6.07) is 14.5. The van der Waals surface area contributed by atoms with Gasteiger partial charge in [-0.25, -0.2) is 8.78 Å². The second-order valence-corrected chi connectivity index (χ2v) is 11.6. The van der Waals surface area contributed by atoms with Crippen molar-refractivity contribution in [3.05, 3.63) is 106 Å². The molecule has 5 nitrogen and oxygen atoms in total. The Morgan fingerprint density at radius 1 is 0.652 bits per heavy atom. The Labute approximate surface area is 260 Å². The third-order valence-corrected chi connectivity index (χ3v) is 8.60. The van der Waals surface area contributed by atoms with Crippen molar-refractivity contribution < 1.29 is 44.7 Å². The lowest BCUT2D eigenvalue weighted by atomic mass is 9.84. The Morgan fingerprint density at radius 3 is 1.70 bits per heavy atom. The number of carbonyl (C=O) groups is 2. The molecule has 2 saturated heterocycles. The van der Waals surface area contributed by atoms with Gasteiger partial charge in [0.15, 0.2) is 0 Å². The van der Waals surface area contributed by atoms with Crippen molar-refractivity contribution in [1.82, 2.24) is 14.7 Å². The molecule has 0 aromatic heterocycles. The monoisotopic (exact) mass is 653 g/mol. The molecule has 0 spiro atoms. The van der Waals surface area contributed by atoms with Crippen LogP contribution in [-0.2, 0) is 25.7 Å². The Hall–Kier alpha value is -4.00. The summed E-state index contributed by atoms with van der Waals surface area (Å²) < 4.78 is 107. The van der Waals surface area contributed by atoms with Gasteiger partial charge in [-0.3, -0.25) is 14.5 Å². The average molecular weight is 654 g/mol. The summed E-state index contributed by atoms with van der Waals surface area (Å²) in [7, 11) is 0. The van der Waals surface area contributed by atoms with Gasteiger partial charge in [0.05, 0.1) is 11.1 Å². The van der Waals surface area contributed by atoms with Crippen molar-refractivity contribution in [2.45, 2.75) is 44.1 Å². The summed E-state index contributed by atoms with van der Waals surface area (Å²) in [5.41, 5.74) is -2.21. The lowest BCUT2D eigenvalue weighted by Crippen LogP contribution is -2.57. The molecule has 0 radical (unpaired) electrons. The van der Waals surface area contributed by atoms with Crippen LogP contribution in [0.25, 0.3) is 0 Å². The summed E-state index contributed by atoms with van der Waals surface area (Å²) in [6.07, 6.45) is -9.60. The van der Waals surface area contributed by atoms with E-state index in [1.807, 2.05) is 30.3 Å². The van der Waals surface area contributed by atoms with E-state index in [1.54, 1.807) is 4.90 Å². The molecular weight excluding hydrogens is 622 g/mol. The maximum absolute atomic E-state index is 13.5. The minimum atomic E-state index is -5.07. The molecule has 2 aliphatic rings. The molecule has 2 fully saturated rings. The first kappa shape index (κ1) is 33.4. The van der Waals surface area contributed by atoms with Crippen LogP contribution in [-0.4, -0.2) is 71.8 Å². The van der Waals surface area contributed by atoms with Gasteiger partial charge in [0.2, 0.25) is 0 Å². The van der Waals surface area contributed by atoms with Gasteiger partial charge >= 0.3 is 12.4 Å². The maximum Gasteiger partial charge on any atom is 0.416 e. The second kappa shape index (κ2) is 13.4. The number of piperazine rings is 1. The molecule has 2 aliphatic heterocycles. The zero-order valence-corrected chi connectivity index (χ0v) is 24.6. The first-order valence-corrected chi connectivity index (χ1v) is 14.7. The number of alkyl halides is 8. The predicted molar refractivity (Wildman–Crippen MR) is 153 cm³/mol. The molecule has 0 bridgehead atoms. The zero-order valence-electron chi connectivity index (χ0n) is 24.6. The smallest absolute Gasteiger partial charge is 0.338 e. The number of nitrogens with zero attached hydrogens (tertiary/aromatic N) is 3. The lowest BCUT2D eigenvalue weighted by Gasteiger charge is -2.47. The van der Waals surface area contributed by atoms with Gasteiger partial charge in [0.25, 0.3) is 11.8 Å². The number of amides is 2. The van der Waals surface area contributed by atoms with Gasteiger partial charge < -0.3 is 9.80 Å². The molecule has 2 atom stereocenters.